The number of benzene rings is 3. The minimum Gasteiger partial charge on any atom is -0.487 e. The van der Waals surface area contributed by atoms with Crippen LogP contribution in [-0.4, -0.2) is 11.9 Å². The van der Waals surface area contributed by atoms with Gasteiger partial charge < -0.3 is 9.47 Å². The molecule has 0 saturated heterocycles. The lowest BCUT2D eigenvalue weighted by Crippen LogP contribution is -2.05. The summed E-state index contributed by atoms with van der Waals surface area (Å²) in [4.78, 5) is 16.7. The highest BCUT2D eigenvalue weighted by Gasteiger charge is 2.24. The summed E-state index contributed by atoms with van der Waals surface area (Å²) in [6, 6.07) is 21.7. The monoisotopic (exact) mass is 733 g/mol. The lowest BCUT2D eigenvalue weighted by molar-refractivity contribution is -0.129. The number of rotatable bonds is 5. The third-order valence-electron chi connectivity index (χ3n) is 4.26. The predicted molar refractivity (Wildman–Crippen MR) is 142 cm³/mol. The molecule has 3 aromatic carbocycles. The van der Waals surface area contributed by atoms with Crippen molar-refractivity contribution < 1.29 is 14.3 Å². The molecule has 0 aromatic heterocycles. The Morgan fingerprint density at radius 2 is 1.60 bits per heavy atom. The van der Waals surface area contributed by atoms with E-state index in [1.165, 1.54) is 0 Å². The number of hydrogen-bond donors (Lipinski definition) is 0. The van der Waals surface area contributed by atoms with Gasteiger partial charge in [0, 0.05) is 9.13 Å². The summed E-state index contributed by atoms with van der Waals surface area (Å²) in [6.45, 7) is 0.503. The van der Waals surface area contributed by atoms with Gasteiger partial charge in [-0.25, -0.2) is 9.79 Å². The Morgan fingerprint density at radius 3 is 2.27 bits per heavy atom. The number of carbonyl (C=O) groups is 1. The van der Waals surface area contributed by atoms with Crippen molar-refractivity contribution in [3.05, 3.63) is 99.8 Å². The summed E-state index contributed by atoms with van der Waals surface area (Å²) in [7, 11) is 0. The Kier molecular flexibility index (Phi) is 7.08. The highest BCUT2D eigenvalue weighted by molar-refractivity contribution is 14.1. The molecule has 0 radical (unpaired) electrons. The first-order valence-electron chi connectivity index (χ1n) is 8.94. The molecule has 30 heavy (non-hydrogen) atoms. The van der Waals surface area contributed by atoms with Gasteiger partial charge in [0.1, 0.15) is 12.4 Å². The van der Waals surface area contributed by atoms with E-state index in [4.69, 9.17) is 9.47 Å². The first kappa shape index (κ1) is 21.8. The standard InChI is InChI=1S/C23H14I3NO3/c24-17-8-6-16(7-9-17)22-27-20(23(28)30-22)12-15-10-18(25)21(19(26)11-15)29-13-14-4-2-1-3-5-14/h1-12H,13H2/b20-12-. The molecule has 0 bridgehead atoms. The summed E-state index contributed by atoms with van der Waals surface area (Å²) in [6.07, 6.45) is 1.74. The fourth-order valence-corrected chi connectivity index (χ4v) is 5.30. The van der Waals surface area contributed by atoms with Crippen molar-refractivity contribution >= 4 is 85.7 Å². The van der Waals surface area contributed by atoms with Gasteiger partial charge in [-0.2, -0.15) is 0 Å². The van der Waals surface area contributed by atoms with Crippen LogP contribution < -0.4 is 4.74 Å². The number of aliphatic imine (C=N–C) groups is 1. The van der Waals surface area contributed by atoms with E-state index in [1.54, 1.807) is 6.08 Å². The van der Waals surface area contributed by atoms with Crippen LogP contribution in [-0.2, 0) is 16.1 Å². The minimum absolute atomic E-state index is 0.285. The molecule has 1 aliphatic heterocycles. The second-order valence-electron chi connectivity index (χ2n) is 6.43. The van der Waals surface area contributed by atoms with Crippen LogP contribution in [0.3, 0.4) is 0 Å². The van der Waals surface area contributed by atoms with Crippen LogP contribution in [0.4, 0.5) is 0 Å². The lowest BCUT2D eigenvalue weighted by Gasteiger charge is -2.11. The number of ether oxygens (including phenoxy) is 2. The summed E-state index contributed by atoms with van der Waals surface area (Å²) in [5.74, 6) is 0.715. The number of esters is 1. The quantitative estimate of drug-likeness (QED) is 0.173. The molecule has 0 atom stereocenters. The molecule has 1 heterocycles. The average Bonchev–Trinajstić information content (AvgIpc) is 3.09. The van der Waals surface area contributed by atoms with Crippen LogP contribution in [0.25, 0.3) is 6.08 Å². The average molecular weight is 733 g/mol. The zero-order valence-corrected chi connectivity index (χ0v) is 21.9. The van der Waals surface area contributed by atoms with Crippen LogP contribution in [0.2, 0.25) is 0 Å². The van der Waals surface area contributed by atoms with Gasteiger partial charge in [-0.1, -0.05) is 30.3 Å². The van der Waals surface area contributed by atoms with E-state index in [2.05, 4.69) is 72.8 Å². The molecule has 0 N–H and O–H groups in total. The Balaban J connectivity index is 1.56. The Labute approximate surface area is 215 Å². The van der Waals surface area contributed by atoms with Crippen molar-refractivity contribution in [2.75, 3.05) is 0 Å². The fraction of sp³-hybridized carbons (Fsp3) is 0.0435. The summed E-state index contributed by atoms with van der Waals surface area (Å²) >= 11 is 6.73. The topological polar surface area (TPSA) is 47.9 Å². The highest BCUT2D eigenvalue weighted by atomic mass is 127. The Hall–Kier alpha value is -1.47. The maximum absolute atomic E-state index is 12.3. The molecule has 150 valence electrons. The second-order valence-corrected chi connectivity index (χ2v) is 10.0. The largest absolute Gasteiger partial charge is 0.487 e. The SMILES string of the molecule is O=C1OC(c2ccc(I)cc2)=N/C1=C\c1cc(I)c(OCc2ccccc2)c(I)c1. The van der Waals surface area contributed by atoms with Crippen LogP contribution in [0.1, 0.15) is 16.7 Å². The van der Waals surface area contributed by atoms with Gasteiger partial charge in [-0.05, 0) is 121 Å². The second kappa shape index (κ2) is 9.77. The predicted octanol–water partition coefficient (Wildman–Crippen LogP) is 6.42. The van der Waals surface area contributed by atoms with E-state index < -0.39 is 5.97 Å². The van der Waals surface area contributed by atoms with Gasteiger partial charge in [0.15, 0.2) is 5.70 Å². The molecule has 7 heteroatoms. The van der Waals surface area contributed by atoms with Gasteiger partial charge in [0.25, 0.3) is 0 Å². The molecule has 0 spiro atoms. The number of carbonyl (C=O) groups excluding carboxylic acids is 1. The van der Waals surface area contributed by atoms with Gasteiger partial charge >= 0.3 is 5.97 Å². The van der Waals surface area contributed by atoms with Crippen molar-refractivity contribution in [3.8, 4) is 5.75 Å². The summed E-state index contributed by atoms with van der Waals surface area (Å²) < 4.78 is 14.4. The molecule has 3 aromatic rings. The molecule has 1 aliphatic rings. The summed E-state index contributed by atoms with van der Waals surface area (Å²) in [5.41, 5.74) is 3.05. The maximum atomic E-state index is 12.3. The van der Waals surface area contributed by atoms with Crippen molar-refractivity contribution in [2.24, 2.45) is 4.99 Å². The molecule has 0 saturated carbocycles. The van der Waals surface area contributed by atoms with E-state index in [1.807, 2.05) is 66.7 Å². The molecule has 4 nitrogen and oxygen atoms in total. The van der Waals surface area contributed by atoms with Gasteiger partial charge in [0.2, 0.25) is 5.90 Å². The van der Waals surface area contributed by atoms with E-state index in [0.717, 1.165) is 33.2 Å². The number of cyclic esters (lactones) is 1. The van der Waals surface area contributed by atoms with Crippen molar-refractivity contribution in [2.45, 2.75) is 6.61 Å². The molecule has 0 unspecified atom stereocenters. The van der Waals surface area contributed by atoms with Crippen LogP contribution >= 0.6 is 67.8 Å². The van der Waals surface area contributed by atoms with Gasteiger partial charge in [-0.3, -0.25) is 0 Å². The number of halogens is 3. The highest BCUT2D eigenvalue weighted by Crippen LogP contribution is 2.31. The summed E-state index contributed by atoms with van der Waals surface area (Å²) in [5, 5.41) is 0. The fourth-order valence-electron chi connectivity index (χ4n) is 2.81. The number of hydrogen-bond acceptors (Lipinski definition) is 4. The third kappa shape index (κ3) is 5.22. The normalized spacial score (nSPS) is 14.6. The molecule has 4 rings (SSSR count). The van der Waals surface area contributed by atoms with E-state index >= 15 is 0 Å². The van der Waals surface area contributed by atoms with Crippen LogP contribution in [0, 0.1) is 10.7 Å². The van der Waals surface area contributed by atoms with E-state index in [9.17, 15) is 4.79 Å². The first-order valence-corrected chi connectivity index (χ1v) is 12.2. The molecular weight excluding hydrogens is 719 g/mol. The van der Waals surface area contributed by atoms with Crippen molar-refractivity contribution in [3.63, 3.8) is 0 Å². The zero-order chi connectivity index (χ0) is 21.1. The van der Waals surface area contributed by atoms with Crippen molar-refractivity contribution in [1.82, 2.24) is 0 Å². The molecular formula is C23H14I3NO3. The Morgan fingerprint density at radius 1 is 0.933 bits per heavy atom. The van der Waals surface area contributed by atoms with Crippen LogP contribution in [0.5, 0.6) is 5.75 Å². The Bertz CT molecular complexity index is 1130. The lowest BCUT2D eigenvalue weighted by atomic mass is 10.2. The van der Waals surface area contributed by atoms with Gasteiger partial charge in [-0.15, -0.1) is 0 Å². The third-order valence-corrected chi connectivity index (χ3v) is 6.58. The number of nitrogens with zero attached hydrogens (tertiary/aromatic N) is 1. The van der Waals surface area contributed by atoms with E-state index in [-0.39, 0.29) is 5.70 Å². The van der Waals surface area contributed by atoms with E-state index in [0.29, 0.717) is 12.5 Å². The minimum atomic E-state index is -0.446. The molecule has 0 aliphatic carbocycles. The first-order chi connectivity index (χ1) is 14.5. The van der Waals surface area contributed by atoms with Crippen LogP contribution in [0.15, 0.2) is 77.4 Å². The maximum Gasteiger partial charge on any atom is 0.363 e. The van der Waals surface area contributed by atoms with Crippen molar-refractivity contribution in [1.29, 1.82) is 0 Å². The van der Waals surface area contributed by atoms with Gasteiger partial charge in [0.05, 0.1) is 7.14 Å². The molecule has 0 fully saturated rings. The molecule has 0 amide bonds. The zero-order valence-electron chi connectivity index (χ0n) is 15.4. The smallest absolute Gasteiger partial charge is 0.363 e.